The molecule has 0 bridgehead atoms. The van der Waals surface area contributed by atoms with Gasteiger partial charge in [0.2, 0.25) is 11.8 Å². The average molecular weight is 603 g/mol. The van der Waals surface area contributed by atoms with Crippen molar-refractivity contribution in [1.29, 1.82) is 0 Å². The van der Waals surface area contributed by atoms with Crippen molar-refractivity contribution >= 4 is 11.8 Å². The number of ether oxygens (including phenoxy) is 1. The van der Waals surface area contributed by atoms with Crippen molar-refractivity contribution in [2.45, 2.75) is 82.5 Å². The van der Waals surface area contributed by atoms with Gasteiger partial charge in [-0.05, 0) is 80.5 Å². The molecule has 1 saturated heterocycles. The van der Waals surface area contributed by atoms with E-state index in [1.165, 1.54) is 26.0 Å². The minimum absolute atomic E-state index is 0.0212. The minimum atomic E-state index is -4.99. The Morgan fingerprint density at radius 1 is 0.905 bits per heavy atom. The van der Waals surface area contributed by atoms with Crippen molar-refractivity contribution < 1.29 is 45.1 Å². The molecule has 0 spiro atoms. The summed E-state index contributed by atoms with van der Waals surface area (Å²) in [6.45, 7) is 3.32. The summed E-state index contributed by atoms with van der Waals surface area (Å²) in [5.41, 5.74) is -2.48. The highest BCUT2D eigenvalue weighted by atomic mass is 19.4. The van der Waals surface area contributed by atoms with Crippen LogP contribution in [0.2, 0.25) is 0 Å². The number of amides is 2. The van der Waals surface area contributed by atoms with Crippen molar-refractivity contribution in [2.24, 2.45) is 5.92 Å². The van der Waals surface area contributed by atoms with E-state index >= 15 is 0 Å². The van der Waals surface area contributed by atoms with Gasteiger partial charge in [-0.2, -0.15) is 26.3 Å². The molecule has 0 aromatic heterocycles. The topological polar surface area (TPSA) is 58.6 Å². The van der Waals surface area contributed by atoms with Crippen molar-refractivity contribution in [3.8, 4) is 0 Å². The summed E-state index contributed by atoms with van der Waals surface area (Å²) in [6, 6.07) is 6.99. The van der Waals surface area contributed by atoms with E-state index in [-0.39, 0.29) is 54.9 Å². The number of rotatable bonds is 6. The van der Waals surface area contributed by atoms with Gasteiger partial charge < -0.3 is 15.0 Å². The van der Waals surface area contributed by atoms with Crippen LogP contribution in [0.3, 0.4) is 0 Å². The molecule has 230 valence electrons. The van der Waals surface area contributed by atoms with Crippen LogP contribution in [0, 0.1) is 11.7 Å². The van der Waals surface area contributed by atoms with Gasteiger partial charge in [-0.1, -0.05) is 12.1 Å². The molecule has 1 aliphatic heterocycles. The lowest BCUT2D eigenvalue weighted by Gasteiger charge is -2.41. The van der Waals surface area contributed by atoms with Gasteiger partial charge in [0.05, 0.1) is 23.3 Å². The molecule has 12 heteroatoms. The van der Waals surface area contributed by atoms with Crippen LogP contribution in [0.15, 0.2) is 42.5 Å². The second-order valence-electron chi connectivity index (χ2n) is 11.1. The molecule has 0 radical (unpaired) electrons. The van der Waals surface area contributed by atoms with Crippen LogP contribution in [0.5, 0.6) is 0 Å². The van der Waals surface area contributed by atoms with Gasteiger partial charge in [-0.3, -0.25) is 9.59 Å². The van der Waals surface area contributed by atoms with Crippen LogP contribution >= 0.6 is 0 Å². The Morgan fingerprint density at radius 3 is 2.00 bits per heavy atom. The van der Waals surface area contributed by atoms with Gasteiger partial charge in [0.25, 0.3) is 0 Å². The van der Waals surface area contributed by atoms with Crippen LogP contribution in [0.25, 0.3) is 0 Å². The van der Waals surface area contributed by atoms with Gasteiger partial charge >= 0.3 is 12.4 Å². The van der Waals surface area contributed by atoms with Crippen LogP contribution in [-0.4, -0.2) is 41.9 Å². The van der Waals surface area contributed by atoms with Gasteiger partial charge in [-0.15, -0.1) is 0 Å². The molecule has 3 unspecified atom stereocenters. The largest absolute Gasteiger partial charge is 0.416 e. The first-order valence-electron chi connectivity index (χ1n) is 13.9. The first kappa shape index (κ1) is 31.8. The molecule has 42 heavy (non-hydrogen) atoms. The van der Waals surface area contributed by atoms with E-state index in [9.17, 15) is 40.3 Å². The first-order valence-corrected chi connectivity index (χ1v) is 13.9. The molecule has 2 aliphatic rings. The Labute approximate surface area is 239 Å². The van der Waals surface area contributed by atoms with Crippen LogP contribution < -0.4 is 5.32 Å². The summed E-state index contributed by atoms with van der Waals surface area (Å²) in [5, 5.41) is 2.88. The summed E-state index contributed by atoms with van der Waals surface area (Å²) in [7, 11) is 0. The van der Waals surface area contributed by atoms with E-state index in [1.807, 2.05) is 0 Å². The lowest BCUT2D eigenvalue weighted by atomic mass is 9.83. The molecular weight excluding hydrogens is 569 g/mol. The Bertz CT molecular complexity index is 1220. The molecule has 1 heterocycles. The standard InChI is InChI=1S/C30H33F7N2O3/c1-17(21-13-22(29(32,33)34)15-23(14-21)30(35,36)37)42-27-11-12-39(16-26(27)19-3-7-24(31)8-4-19)28(41)20-5-9-25(10-6-20)38-18(2)40/h3-4,7-8,13-15,17,20,25-27H,5-6,9-12,16H2,1-2H3,(H,38,40). The third kappa shape index (κ3) is 7.81. The van der Waals surface area contributed by atoms with E-state index in [0.717, 1.165) is 0 Å². The number of benzene rings is 2. The quantitative estimate of drug-likeness (QED) is 0.362. The molecule has 3 atom stereocenters. The molecule has 1 saturated carbocycles. The monoisotopic (exact) mass is 602 g/mol. The predicted molar refractivity (Wildman–Crippen MR) is 140 cm³/mol. The zero-order chi connectivity index (χ0) is 30.8. The highest BCUT2D eigenvalue weighted by Crippen LogP contribution is 2.40. The SMILES string of the molecule is CC(=O)NC1CCC(C(=O)N2CCC(OC(C)c3cc(C(F)(F)F)cc(C(F)(F)F)c3)C(c3ccc(F)cc3)C2)CC1. The lowest BCUT2D eigenvalue weighted by molar-refractivity contribution is -0.143. The summed E-state index contributed by atoms with van der Waals surface area (Å²) in [6.07, 6.45) is -8.92. The number of nitrogens with zero attached hydrogens (tertiary/aromatic N) is 1. The first-order chi connectivity index (χ1) is 19.6. The van der Waals surface area contributed by atoms with E-state index in [1.54, 1.807) is 17.0 Å². The summed E-state index contributed by atoms with van der Waals surface area (Å²) < 4.78 is 100. The van der Waals surface area contributed by atoms with Crippen molar-refractivity contribution in [2.75, 3.05) is 13.1 Å². The summed E-state index contributed by atoms with van der Waals surface area (Å²) in [5.74, 6) is -1.38. The summed E-state index contributed by atoms with van der Waals surface area (Å²) >= 11 is 0. The number of piperidine rings is 1. The molecular formula is C30H33F7N2O3. The summed E-state index contributed by atoms with van der Waals surface area (Å²) in [4.78, 5) is 26.5. The zero-order valence-electron chi connectivity index (χ0n) is 23.2. The zero-order valence-corrected chi connectivity index (χ0v) is 23.2. The Hall–Kier alpha value is -3.15. The maximum atomic E-state index is 13.7. The van der Waals surface area contributed by atoms with Crippen LogP contribution in [0.1, 0.15) is 80.2 Å². The Kier molecular flexibility index (Phi) is 9.54. The number of carbonyl (C=O) groups is 2. The molecule has 2 aromatic rings. The third-order valence-corrected chi connectivity index (χ3v) is 8.10. The number of halogens is 7. The Morgan fingerprint density at radius 2 is 1.48 bits per heavy atom. The van der Waals surface area contributed by atoms with Crippen molar-refractivity contribution in [1.82, 2.24) is 10.2 Å². The van der Waals surface area contributed by atoms with Crippen molar-refractivity contribution in [3.63, 3.8) is 0 Å². The van der Waals surface area contributed by atoms with Gasteiger partial charge in [-0.25, -0.2) is 4.39 Å². The third-order valence-electron chi connectivity index (χ3n) is 8.10. The van der Waals surface area contributed by atoms with E-state index in [0.29, 0.717) is 43.4 Å². The van der Waals surface area contributed by atoms with Crippen LogP contribution in [0.4, 0.5) is 30.7 Å². The molecule has 2 aromatic carbocycles. The smallest absolute Gasteiger partial charge is 0.370 e. The van der Waals surface area contributed by atoms with Crippen LogP contribution in [-0.2, 0) is 26.7 Å². The van der Waals surface area contributed by atoms with Gasteiger partial charge in [0.1, 0.15) is 5.82 Å². The number of alkyl halides is 6. The minimum Gasteiger partial charge on any atom is -0.370 e. The number of likely N-dealkylation sites (tertiary alicyclic amines) is 1. The highest BCUT2D eigenvalue weighted by molar-refractivity contribution is 5.79. The van der Waals surface area contributed by atoms with E-state index in [4.69, 9.17) is 4.74 Å². The van der Waals surface area contributed by atoms with Gasteiger partial charge in [0.15, 0.2) is 0 Å². The molecule has 2 amide bonds. The number of hydrogen-bond acceptors (Lipinski definition) is 3. The van der Waals surface area contributed by atoms with E-state index < -0.39 is 47.4 Å². The number of carbonyl (C=O) groups excluding carboxylic acids is 2. The fourth-order valence-corrected chi connectivity index (χ4v) is 5.91. The molecule has 1 aliphatic carbocycles. The lowest BCUT2D eigenvalue weighted by Crippen LogP contribution is -2.49. The average Bonchev–Trinajstić information content (AvgIpc) is 2.92. The molecule has 5 nitrogen and oxygen atoms in total. The fourth-order valence-electron chi connectivity index (χ4n) is 5.91. The maximum absolute atomic E-state index is 13.7. The molecule has 1 N–H and O–H groups in total. The number of nitrogens with one attached hydrogen (secondary N) is 1. The second kappa shape index (κ2) is 12.6. The van der Waals surface area contributed by atoms with Gasteiger partial charge in [0, 0.05) is 37.9 Å². The molecule has 2 fully saturated rings. The predicted octanol–water partition coefficient (Wildman–Crippen LogP) is 7.02. The van der Waals surface area contributed by atoms with Crippen molar-refractivity contribution in [3.05, 3.63) is 70.5 Å². The molecule has 4 rings (SSSR count). The van der Waals surface area contributed by atoms with E-state index in [2.05, 4.69) is 5.32 Å². The fraction of sp³-hybridized carbons (Fsp3) is 0.533. The second-order valence-corrected chi connectivity index (χ2v) is 11.1. The normalized spacial score (nSPS) is 24.3. The highest BCUT2D eigenvalue weighted by Gasteiger charge is 2.40. The maximum Gasteiger partial charge on any atom is 0.416 e. The Balaban J connectivity index is 1.53. The number of hydrogen-bond donors (Lipinski definition) is 1.